The van der Waals surface area contributed by atoms with Gasteiger partial charge in [0, 0.05) is 13.3 Å². The minimum absolute atomic E-state index is 0.222. The van der Waals surface area contributed by atoms with Gasteiger partial charge in [-0.25, -0.2) is 0 Å². The zero-order chi connectivity index (χ0) is 8.27. The number of aromatic nitrogens is 1. The second kappa shape index (κ2) is 3.34. The Morgan fingerprint density at radius 1 is 1.64 bits per heavy atom. The summed E-state index contributed by atoms with van der Waals surface area (Å²) in [5, 5.41) is 9.21. The van der Waals surface area contributed by atoms with E-state index in [9.17, 15) is 5.11 Å². The molecule has 1 aromatic heterocycles. The fraction of sp³-hybridized carbons (Fsp3) is 0.375. The first-order chi connectivity index (χ1) is 5.24. The van der Waals surface area contributed by atoms with Crippen LogP contribution in [0.25, 0.3) is 0 Å². The van der Waals surface area contributed by atoms with Crippen molar-refractivity contribution in [2.24, 2.45) is 0 Å². The standard InChI is InChI=1S/C8H11NO2/c1-6-8(10)3-7(4-9-6)5-11-2/h3-4,10H,5H2,1-2H3. The van der Waals surface area contributed by atoms with Crippen molar-refractivity contribution in [3.05, 3.63) is 23.5 Å². The summed E-state index contributed by atoms with van der Waals surface area (Å²) in [7, 11) is 1.61. The molecule has 0 aliphatic rings. The lowest BCUT2D eigenvalue weighted by Gasteiger charge is -2.01. The molecule has 0 fully saturated rings. The lowest BCUT2D eigenvalue weighted by atomic mass is 10.2. The third kappa shape index (κ3) is 1.91. The summed E-state index contributed by atoms with van der Waals surface area (Å²) in [6.45, 7) is 2.24. The van der Waals surface area contributed by atoms with E-state index in [4.69, 9.17) is 4.74 Å². The Labute approximate surface area is 65.7 Å². The van der Waals surface area contributed by atoms with Crippen LogP contribution in [-0.4, -0.2) is 17.2 Å². The van der Waals surface area contributed by atoms with E-state index in [2.05, 4.69) is 4.98 Å². The maximum absolute atomic E-state index is 9.21. The van der Waals surface area contributed by atoms with Crippen LogP contribution in [0, 0.1) is 6.92 Å². The summed E-state index contributed by atoms with van der Waals surface area (Å²) in [5.74, 6) is 0.222. The van der Waals surface area contributed by atoms with Gasteiger partial charge in [-0.05, 0) is 18.6 Å². The summed E-state index contributed by atoms with van der Waals surface area (Å²) in [5.41, 5.74) is 1.53. The maximum Gasteiger partial charge on any atom is 0.137 e. The van der Waals surface area contributed by atoms with E-state index >= 15 is 0 Å². The predicted molar refractivity (Wildman–Crippen MR) is 41.4 cm³/mol. The van der Waals surface area contributed by atoms with Crippen LogP contribution in [-0.2, 0) is 11.3 Å². The van der Waals surface area contributed by atoms with E-state index in [0.29, 0.717) is 12.3 Å². The molecular weight excluding hydrogens is 142 g/mol. The zero-order valence-electron chi connectivity index (χ0n) is 6.66. The zero-order valence-corrected chi connectivity index (χ0v) is 6.66. The Morgan fingerprint density at radius 3 is 2.91 bits per heavy atom. The number of aryl methyl sites for hydroxylation is 1. The molecule has 1 heterocycles. The molecule has 3 heteroatoms. The number of ether oxygens (including phenoxy) is 1. The Bertz CT molecular complexity index is 248. The van der Waals surface area contributed by atoms with Crippen LogP contribution >= 0.6 is 0 Å². The summed E-state index contributed by atoms with van der Waals surface area (Å²) in [6, 6.07) is 1.66. The van der Waals surface area contributed by atoms with Crippen molar-refractivity contribution in [2.75, 3.05) is 7.11 Å². The van der Waals surface area contributed by atoms with Crippen LogP contribution in [0.5, 0.6) is 5.75 Å². The van der Waals surface area contributed by atoms with E-state index in [1.165, 1.54) is 0 Å². The lowest BCUT2D eigenvalue weighted by Crippen LogP contribution is -1.90. The largest absolute Gasteiger partial charge is 0.506 e. The number of methoxy groups -OCH3 is 1. The van der Waals surface area contributed by atoms with E-state index in [0.717, 1.165) is 5.56 Å². The van der Waals surface area contributed by atoms with Crippen LogP contribution in [0.15, 0.2) is 12.3 Å². The lowest BCUT2D eigenvalue weighted by molar-refractivity contribution is 0.184. The van der Waals surface area contributed by atoms with Gasteiger partial charge >= 0.3 is 0 Å². The van der Waals surface area contributed by atoms with Gasteiger partial charge in [-0.2, -0.15) is 0 Å². The van der Waals surface area contributed by atoms with E-state index in [1.54, 1.807) is 26.3 Å². The highest BCUT2D eigenvalue weighted by molar-refractivity contribution is 5.28. The first-order valence-electron chi connectivity index (χ1n) is 3.37. The second-order valence-electron chi connectivity index (χ2n) is 2.38. The summed E-state index contributed by atoms with van der Waals surface area (Å²) < 4.78 is 4.87. The maximum atomic E-state index is 9.21. The van der Waals surface area contributed by atoms with Gasteiger partial charge in [-0.3, -0.25) is 4.98 Å². The van der Waals surface area contributed by atoms with Gasteiger partial charge in [0.05, 0.1) is 12.3 Å². The molecule has 0 radical (unpaired) electrons. The molecule has 0 atom stereocenters. The molecule has 0 aliphatic heterocycles. The SMILES string of the molecule is COCc1cnc(C)c(O)c1. The average molecular weight is 153 g/mol. The molecular formula is C8H11NO2. The molecule has 60 valence electrons. The Kier molecular flexibility index (Phi) is 2.44. The Hall–Kier alpha value is -1.09. The molecule has 1 N–H and O–H groups in total. The smallest absolute Gasteiger partial charge is 0.137 e. The third-order valence-electron chi connectivity index (χ3n) is 1.43. The van der Waals surface area contributed by atoms with E-state index in [1.807, 2.05) is 0 Å². The minimum atomic E-state index is 0.222. The number of nitrogens with zero attached hydrogens (tertiary/aromatic N) is 1. The Balaban J connectivity index is 2.86. The summed E-state index contributed by atoms with van der Waals surface area (Å²) >= 11 is 0. The molecule has 11 heavy (non-hydrogen) atoms. The van der Waals surface area contributed by atoms with Crippen LogP contribution in [0.4, 0.5) is 0 Å². The molecule has 0 aromatic carbocycles. The molecule has 0 spiro atoms. The number of pyridine rings is 1. The fourth-order valence-corrected chi connectivity index (χ4v) is 0.809. The van der Waals surface area contributed by atoms with Crippen LogP contribution in [0.1, 0.15) is 11.3 Å². The fourth-order valence-electron chi connectivity index (χ4n) is 0.809. The number of rotatable bonds is 2. The van der Waals surface area contributed by atoms with E-state index < -0.39 is 0 Å². The van der Waals surface area contributed by atoms with Crippen molar-refractivity contribution in [3.8, 4) is 5.75 Å². The predicted octanol–water partition coefficient (Wildman–Crippen LogP) is 1.24. The summed E-state index contributed by atoms with van der Waals surface area (Å²) in [4.78, 5) is 3.97. The van der Waals surface area contributed by atoms with Crippen molar-refractivity contribution in [1.82, 2.24) is 4.98 Å². The van der Waals surface area contributed by atoms with E-state index in [-0.39, 0.29) is 5.75 Å². The first-order valence-corrected chi connectivity index (χ1v) is 3.37. The van der Waals surface area contributed by atoms with Gasteiger partial charge < -0.3 is 9.84 Å². The molecule has 3 nitrogen and oxygen atoms in total. The molecule has 1 rings (SSSR count). The highest BCUT2D eigenvalue weighted by Gasteiger charge is 1.98. The normalized spacial score (nSPS) is 10.0. The Morgan fingerprint density at radius 2 is 2.36 bits per heavy atom. The third-order valence-corrected chi connectivity index (χ3v) is 1.43. The van der Waals surface area contributed by atoms with Gasteiger partial charge in [0.1, 0.15) is 5.75 Å². The average Bonchev–Trinajstić information content (AvgIpc) is 1.98. The topological polar surface area (TPSA) is 42.4 Å². The summed E-state index contributed by atoms with van der Waals surface area (Å²) in [6.07, 6.45) is 1.69. The van der Waals surface area contributed by atoms with Gasteiger partial charge in [0.2, 0.25) is 0 Å². The highest BCUT2D eigenvalue weighted by atomic mass is 16.5. The molecule has 0 aliphatic carbocycles. The number of hydrogen-bond acceptors (Lipinski definition) is 3. The minimum Gasteiger partial charge on any atom is -0.506 e. The quantitative estimate of drug-likeness (QED) is 0.695. The molecule has 0 unspecified atom stereocenters. The van der Waals surface area contributed by atoms with Crippen molar-refractivity contribution in [2.45, 2.75) is 13.5 Å². The second-order valence-corrected chi connectivity index (χ2v) is 2.38. The van der Waals surface area contributed by atoms with Crippen molar-refractivity contribution in [3.63, 3.8) is 0 Å². The van der Waals surface area contributed by atoms with Gasteiger partial charge in [-0.1, -0.05) is 0 Å². The van der Waals surface area contributed by atoms with Crippen molar-refractivity contribution >= 4 is 0 Å². The van der Waals surface area contributed by atoms with Crippen molar-refractivity contribution in [1.29, 1.82) is 0 Å². The number of aromatic hydroxyl groups is 1. The van der Waals surface area contributed by atoms with Crippen LogP contribution in [0.2, 0.25) is 0 Å². The van der Waals surface area contributed by atoms with Gasteiger partial charge in [0.15, 0.2) is 0 Å². The van der Waals surface area contributed by atoms with Crippen LogP contribution < -0.4 is 0 Å². The first kappa shape index (κ1) is 8.01. The molecule has 0 saturated carbocycles. The molecule has 0 amide bonds. The van der Waals surface area contributed by atoms with Crippen LogP contribution in [0.3, 0.4) is 0 Å². The number of hydrogen-bond donors (Lipinski definition) is 1. The molecule has 0 bridgehead atoms. The monoisotopic (exact) mass is 153 g/mol. The molecule has 1 aromatic rings. The van der Waals surface area contributed by atoms with Gasteiger partial charge in [0.25, 0.3) is 0 Å². The highest BCUT2D eigenvalue weighted by Crippen LogP contribution is 2.14. The van der Waals surface area contributed by atoms with Crippen molar-refractivity contribution < 1.29 is 9.84 Å². The van der Waals surface area contributed by atoms with Gasteiger partial charge in [-0.15, -0.1) is 0 Å². The molecule has 0 saturated heterocycles.